The zero-order valence-electron chi connectivity index (χ0n) is 18.9. The second-order valence-corrected chi connectivity index (χ2v) is 8.49. The third-order valence-electron chi connectivity index (χ3n) is 6.15. The van der Waals surface area contributed by atoms with Gasteiger partial charge in [0.15, 0.2) is 5.60 Å². The lowest BCUT2D eigenvalue weighted by Gasteiger charge is -2.32. The first-order valence-corrected chi connectivity index (χ1v) is 11.0. The smallest absolute Gasteiger partial charge is 0.375 e. The fourth-order valence-corrected chi connectivity index (χ4v) is 4.14. The molecule has 3 aromatic carbocycles. The van der Waals surface area contributed by atoms with Crippen molar-refractivity contribution in [2.45, 2.75) is 31.3 Å². The number of benzene rings is 3. The summed E-state index contributed by atoms with van der Waals surface area (Å²) in [5.41, 5.74) is -2.03. The van der Waals surface area contributed by atoms with Gasteiger partial charge in [-0.1, -0.05) is 60.7 Å². The first-order valence-electron chi connectivity index (χ1n) is 11.0. The lowest BCUT2D eigenvalue weighted by Crippen LogP contribution is -2.50. The molecule has 0 amide bonds. The largest absolute Gasteiger partial charge is 0.422 e. The van der Waals surface area contributed by atoms with Crippen LogP contribution in [0.25, 0.3) is 10.9 Å². The van der Waals surface area contributed by atoms with Gasteiger partial charge in [-0.3, -0.25) is 10.1 Å². The summed E-state index contributed by atoms with van der Waals surface area (Å²) in [6.45, 7) is 1.10. The summed E-state index contributed by atoms with van der Waals surface area (Å²) in [7, 11) is 0. The van der Waals surface area contributed by atoms with Crippen molar-refractivity contribution in [2.24, 2.45) is 0 Å². The lowest BCUT2D eigenvalue weighted by molar-refractivity contribution is -0.384. The molecule has 0 aliphatic carbocycles. The molecule has 0 fully saturated rings. The van der Waals surface area contributed by atoms with E-state index in [1.807, 2.05) is 24.3 Å². The van der Waals surface area contributed by atoms with Gasteiger partial charge >= 0.3 is 6.18 Å². The van der Waals surface area contributed by atoms with Crippen molar-refractivity contribution in [2.75, 3.05) is 6.54 Å². The van der Waals surface area contributed by atoms with Crippen LogP contribution >= 0.6 is 0 Å². The van der Waals surface area contributed by atoms with E-state index in [9.17, 15) is 28.4 Å². The van der Waals surface area contributed by atoms with E-state index >= 15 is 0 Å². The Bertz CT molecular complexity index is 1320. The standard InChI is InChI=1S/C26H24F3N3O3/c1-18(20-10-6-3-7-11-20)30-17-25(33,26(27,28)29)23-16-31(15-19-8-4-2-5-9-19)24-14-21(32(34)35)12-13-22(23)24/h2-14,16,18,30,33H,15,17H2,1H3. The van der Waals surface area contributed by atoms with Crippen molar-refractivity contribution < 1.29 is 23.2 Å². The van der Waals surface area contributed by atoms with Gasteiger partial charge in [0.05, 0.1) is 10.4 Å². The van der Waals surface area contributed by atoms with Gasteiger partial charge in [-0.15, -0.1) is 0 Å². The highest BCUT2D eigenvalue weighted by molar-refractivity contribution is 5.87. The minimum Gasteiger partial charge on any atom is -0.375 e. The average Bonchev–Trinajstić information content (AvgIpc) is 3.20. The Labute approximate surface area is 199 Å². The molecule has 1 heterocycles. The van der Waals surface area contributed by atoms with Crippen LogP contribution in [0.3, 0.4) is 0 Å². The van der Waals surface area contributed by atoms with Crippen LogP contribution in [0, 0.1) is 10.1 Å². The van der Waals surface area contributed by atoms with Gasteiger partial charge in [0.1, 0.15) is 0 Å². The molecule has 1 aromatic heterocycles. The highest BCUT2D eigenvalue weighted by atomic mass is 19.4. The SMILES string of the molecule is CC(NCC(O)(c1cn(Cc2ccccc2)c2cc([N+](=O)[O-])ccc12)C(F)(F)F)c1ccccc1. The number of nitro benzene ring substituents is 1. The van der Waals surface area contributed by atoms with E-state index < -0.39 is 29.3 Å². The van der Waals surface area contributed by atoms with E-state index in [4.69, 9.17) is 0 Å². The number of rotatable bonds is 8. The molecule has 0 saturated carbocycles. The fourth-order valence-electron chi connectivity index (χ4n) is 4.14. The van der Waals surface area contributed by atoms with Gasteiger partial charge in [-0.25, -0.2) is 0 Å². The zero-order valence-corrected chi connectivity index (χ0v) is 18.9. The Balaban J connectivity index is 1.80. The topological polar surface area (TPSA) is 80.3 Å². The Kier molecular flexibility index (Phi) is 6.64. The van der Waals surface area contributed by atoms with Gasteiger partial charge in [0.25, 0.3) is 5.69 Å². The number of non-ortho nitro benzene ring substituents is 1. The first kappa shape index (κ1) is 24.4. The van der Waals surface area contributed by atoms with E-state index in [-0.39, 0.29) is 28.7 Å². The second-order valence-electron chi connectivity index (χ2n) is 8.49. The minimum atomic E-state index is -5.01. The van der Waals surface area contributed by atoms with Crippen LogP contribution in [0.2, 0.25) is 0 Å². The van der Waals surface area contributed by atoms with Crippen molar-refractivity contribution >= 4 is 16.6 Å². The number of alkyl halides is 3. The third-order valence-corrected chi connectivity index (χ3v) is 6.15. The average molecular weight is 483 g/mol. The van der Waals surface area contributed by atoms with Crippen molar-refractivity contribution in [1.29, 1.82) is 0 Å². The number of nitro groups is 1. The summed E-state index contributed by atoms with van der Waals surface area (Å²) in [4.78, 5) is 10.7. The second kappa shape index (κ2) is 9.52. The van der Waals surface area contributed by atoms with Gasteiger partial charge < -0.3 is 15.0 Å². The third kappa shape index (κ3) is 4.91. The quantitative estimate of drug-likeness (QED) is 0.249. The number of nitrogens with zero attached hydrogens (tertiary/aromatic N) is 2. The predicted molar refractivity (Wildman–Crippen MR) is 127 cm³/mol. The summed E-state index contributed by atoms with van der Waals surface area (Å²) in [6, 6.07) is 21.2. The maximum atomic E-state index is 14.4. The van der Waals surface area contributed by atoms with Crippen LogP contribution in [0.4, 0.5) is 18.9 Å². The minimum absolute atomic E-state index is 0.0977. The lowest BCUT2D eigenvalue weighted by atomic mass is 9.91. The van der Waals surface area contributed by atoms with Crippen molar-refractivity contribution in [3.8, 4) is 0 Å². The van der Waals surface area contributed by atoms with E-state index in [0.717, 1.165) is 17.2 Å². The molecule has 0 aliphatic heterocycles. The monoisotopic (exact) mass is 483 g/mol. The summed E-state index contributed by atoms with van der Waals surface area (Å²) in [6.07, 6.45) is -3.77. The summed E-state index contributed by atoms with van der Waals surface area (Å²) in [5.74, 6) is 0. The van der Waals surface area contributed by atoms with Crippen molar-refractivity contribution in [1.82, 2.24) is 9.88 Å². The number of hydrogen-bond donors (Lipinski definition) is 2. The van der Waals surface area contributed by atoms with Crippen molar-refractivity contribution in [3.05, 3.63) is 112 Å². The van der Waals surface area contributed by atoms with E-state index in [1.54, 1.807) is 43.3 Å². The number of fused-ring (bicyclic) bond motifs is 1. The Morgan fingerprint density at radius 2 is 1.66 bits per heavy atom. The Morgan fingerprint density at radius 1 is 1.03 bits per heavy atom. The molecule has 2 unspecified atom stereocenters. The molecule has 2 N–H and O–H groups in total. The van der Waals surface area contributed by atoms with Crippen LogP contribution < -0.4 is 5.32 Å². The molecule has 35 heavy (non-hydrogen) atoms. The first-order chi connectivity index (χ1) is 16.6. The number of hydrogen-bond acceptors (Lipinski definition) is 4. The molecule has 0 radical (unpaired) electrons. The van der Waals surface area contributed by atoms with Gasteiger partial charge in [0, 0.05) is 48.4 Å². The molecule has 0 bridgehead atoms. The fraction of sp³-hybridized carbons (Fsp3) is 0.231. The van der Waals surface area contributed by atoms with E-state index in [1.165, 1.54) is 22.9 Å². The molecule has 0 spiro atoms. The molecule has 2 atom stereocenters. The molecular formula is C26H24F3N3O3. The van der Waals surface area contributed by atoms with Crippen LogP contribution in [0.1, 0.15) is 29.7 Å². The van der Waals surface area contributed by atoms with Crippen LogP contribution in [0.15, 0.2) is 85.1 Å². The number of halogens is 3. The molecule has 4 aromatic rings. The Hall–Kier alpha value is -3.69. The maximum Gasteiger partial charge on any atom is 0.422 e. The Morgan fingerprint density at radius 3 is 2.26 bits per heavy atom. The summed E-state index contributed by atoms with van der Waals surface area (Å²) >= 11 is 0. The van der Waals surface area contributed by atoms with Crippen molar-refractivity contribution in [3.63, 3.8) is 0 Å². The molecular weight excluding hydrogens is 459 g/mol. The number of nitrogens with one attached hydrogen (secondary N) is 1. The maximum absolute atomic E-state index is 14.4. The summed E-state index contributed by atoms with van der Waals surface area (Å²) < 4.78 is 44.7. The van der Waals surface area contributed by atoms with Gasteiger partial charge in [0.2, 0.25) is 0 Å². The van der Waals surface area contributed by atoms with Gasteiger partial charge in [-0.2, -0.15) is 13.2 Å². The molecule has 9 heteroatoms. The number of aliphatic hydroxyl groups is 1. The normalized spacial score (nSPS) is 14.5. The summed E-state index contributed by atoms with van der Waals surface area (Å²) in [5, 5.41) is 25.4. The van der Waals surface area contributed by atoms with Crippen LogP contribution in [-0.2, 0) is 12.1 Å². The highest BCUT2D eigenvalue weighted by Gasteiger charge is 2.56. The van der Waals surface area contributed by atoms with Gasteiger partial charge in [-0.05, 0) is 24.1 Å². The van der Waals surface area contributed by atoms with E-state index in [2.05, 4.69) is 5.32 Å². The van der Waals surface area contributed by atoms with Crippen LogP contribution in [0.5, 0.6) is 0 Å². The highest BCUT2D eigenvalue weighted by Crippen LogP contribution is 2.43. The number of aromatic nitrogens is 1. The van der Waals surface area contributed by atoms with E-state index in [0.29, 0.717) is 0 Å². The molecule has 6 nitrogen and oxygen atoms in total. The molecule has 182 valence electrons. The zero-order chi connectivity index (χ0) is 25.2. The molecule has 4 rings (SSSR count). The molecule has 0 saturated heterocycles. The van der Waals surface area contributed by atoms with Crippen LogP contribution in [-0.4, -0.2) is 27.3 Å². The molecule has 0 aliphatic rings. The predicted octanol–water partition coefficient (Wildman–Crippen LogP) is 5.70.